The zero-order chi connectivity index (χ0) is 10.7. The van der Waals surface area contributed by atoms with Crippen molar-refractivity contribution in [3.05, 3.63) is 47.5 Å². The fraction of sp³-hybridized carbons (Fsp3) is 0.154. The van der Waals surface area contributed by atoms with Gasteiger partial charge in [0.1, 0.15) is 0 Å². The predicted molar refractivity (Wildman–Crippen MR) is 62.8 cm³/mol. The van der Waals surface area contributed by atoms with Crippen molar-refractivity contribution in [2.24, 2.45) is 0 Å². The van der Waals surface area contributed by atoms with Gasteiger partial charge in [-0.1, -0.05) is 36.4 Å². The summed E-state index contributed by atoms with van der Waals surface area (Å²) in [7, 11) is 0. The van der Waals surface area contributed by atoms with Crippen molar-refractivity contribution >= 4 is 22.4 Å². The molecule has 0 aliphatic heterocycles. The summed E-state index contributed by atoms with van der Waals surface area (Å²) < 4.78 is 0. The van der Waals surface area contributed by atoms with Gasteiger partial charge in [0.25, 0.3) is 0 Å². The lowest BCUT2D eigenvalue weighted by Gasteiger charge is -2.05. The Morgan fingerprint density at radius 1 is 1.20 bits per heavy atom. The molecule has 0 radical (unpaired) electrons. The zero-order valence-electron chi connectivity index (χ0n) is 8.20. The van der Waals surface area contributed by atoms with E-state index in [1.54, 1.807) is 0 Å². The molecule has 0 spiro atoms. The quantitative estimate of drug-likeness (QED) is 0.702. The molecule has 0 N–H and O–H groups in total. The highest BCUT2D eigenvalue weighted by Crippen LogP contribution is 2.22. The van der Waals surface area contributed by atoms with Crippen LogP contribution >= 0.6 is 11.6 Å². The molecule has 0 saturated carbocycles. The molecule has 0 unspecified atom stereocenters. The summed E-state index contributed by atoms with van der Waals surface area (Å²) >= 11 is 5.90. The fourth-order valence-corrected chi connectivity index (χ4v) is 1.98. The van der Waals surface area contributed by atoms with Gasteiger partial charge in [-0.15, -0.1) is 11.6 Å². The highest BCUT2D eigenvalue weighted by atomic mass is 35.5. The topological polar surface area (TPSA) is 23.8 Å². The van der Waals surface area contributed by atoms with Crippen molar-refractivity contribution in [2.45, 2.75) is 12.3 Å². The predicted octanol–water partition coefficient (Wildman–Crippen LogP) is 3.64. The van der Waals surface area contributed by atoms with Crippen molar-refractivity contribution in [1.82, 2.24) is 0 Å². The number of nitriles is 1. The molecule has 0 aromatic heterocycles. The van der Waals surface area contributed by atoms with Gasteiger partial charge in [0.2, 0.25) is 0 Å². The minimum atomic E-state index is 0.439. The summed E-state index contributed by atoms with van der Waals surface area (Å²) in [5, 5.41) is 11.0. The Balaban J connectivity index is 2.67. The van der Waals surface area contributed by atoms with Crippen molar-refractivity contribution in [1.29, 1.82) is 5.26 Å². The monoisotopic (exact) mass is 215 g/mol. The summed E-state index contributed by atoms with van der Waals surface area (Å²) in [6.45, 7) is 0. The van der Waals surface area contributed by atoms with Crippen LogP contribution in [0.15, 0.2) is 36.4 Å². The second-order valence-corrected chi connectivity index (χ2v) is 3.71. The van der Waals surface area contributed by atoms with Crippen LogP contribution in [0.2, 0.25) is 0 Å². The zero-order valence-corrected chi connectivity index (χ0v) is 8.96. The Kier molecular flexibility index (Phi) is 2.89. The highest BCUT2D eigenvalue weighted by Gasteiger charge is 2.02. The normalized spacial score (nSPS) is 10.1. The first-order chi connectivity index (χ1) is 7.35. The van der Waals surface area contributed by atoms with E-state index < -0.39 is 0 Å². The van der Waals surface area contributed by atoms with E-state index >= 15 is 0 Å². The Morgan fingerprint density at radius 2 is 2.00 bits per heavy atom. The molecule has 1 nitrogen and oxygen atoms in total. The number of hydrogen-bond donors (Lipinski definition) is 0. The van der Waals surface area contributed by atoms with Gasteiger partial charge < -0.3 is 0 Å². The number of benzene rings is 2. The Morgan fingerprint density at radius 3 is 2.73 bits per heavy atom. The van der Waals surface area contributed by atoms with Crippen LogP contribution in [0.25, 0.3) is 10.8 Å². The van der Waals surface area contributed by atoms with Crippen LogP contribution in [-0.4, -0.2) is 0 Å². The molecule has 0 amide bonds. The van der Waals surface area contributed by atoms with E-state index in [4.69, 9.17) is 16.9 Å². The number of fused-ring (bicyclic) bond motifs is 1. The van der Waals surface area contributed by atoms with E-state index in [1.807, 2.05) is 24.3 Å². The van der Waals surface area contributed by atoms with Gasteiger partial charge in [-0.05, 0) is 21.9 Å². The average Bonchev–Trinajstić information content (AvgIpc) is 2.28. The van der Waals surface area contributed by atoms with Crippen molar-refractivity contribution in [2.75, 3.05) is 0 Å². The fourth-order valence-electron chi connectivity index (χ4n) is 1.76. The Labute approximate surface area is 93.9 Å². The van der Waals surface area contributed by atoms with E-state index in [0.29, 0.717) is 12.3 Å². The van der Waals surface area contributed by atoms with E-state index in [1.165, 1.54) is 5.39 Å². The largest absolute Gasteiger partial charge is 0.198 e. The summed E-state index contributed by atoms with van der Waals surface area (Å²) in [6, 6.07) is 14.3. The molecule has 0 heterocycles. The smallest absolute Gasteiger partial charge is 0.0669 e. The maximum absolute atomic E-state index is 8.67. The molecule has 0 aliphatic rings. The van der Waals surface area contributed by atoms with Gasteiger partial charge in [-0.25, -0.2) is 0 Å². The number of alkyl halides is 1. The highest BCUT2D eigenvalue weighted by molar-refractivity contribution is 6.18. The lowest BCUT2D eigenvalue weighted by Crippen LogP contribution is -1.88. The van der Waals surface area contributed by atoms with Crippen LogP contribution in [0, 0.1) is 11.3 Å². The second kappa shape index (κ2) is 4.33. The minimum Gasteiger partial charge on any atom is -0.198 e. The average molecular weight is 216 g/mol. The lowest BCUT2D eigenvalue weighted by atomic mass is 10.0. The van der Waals surface area contributed by atoms with Crippen molar-refractivity contribution in [3.63, 3.8) is 0 Å². The standard InChI is InChI=1S/C13H10ClN/c14-9-12-8-10(5-6-15)7-11-3-1-2-4-13(11)12/h1-4,7-8H,5,9H2. The first kappa shape index (κ1) is 10.0. The van der Waals surface area contributed by atoms with Gasteiger partial charge in [-0.3, -0.25) is 0 Å². The first-order valence-corrected chi connectivity index (χ1v) is 5.32. The lowest BCUT2D eigenvalue weighted by molar-refractivity contribution is 1.25. The van der Waals surface area contributed by atoms with E-state index in [-0.39, 0.29) is 0 Å². The number of nitrogens with zero attached hydrogens (tertiary/aromatic N) is 1. The molecule has 0 bridgehead atoms. The van der Waals surface area contributed by atoms with Gasteiger partial charge in [0.15, 0.2) is 0 Å². The molecule has 2 heteroatoms. The third-order valence-corrected chi connectivity index (χ3v) is 2.72. The molecule has 0 fully saturated rings. The maximum atomic E-state index is 8.67. The van der Waals surface area contributed by atoms with Gasteiger partial charge in [0.05, 0.1) is 12.5 Å². The van der Waals surface area contributed by atoms with Crippen LogP contribution < -0.4 is 0 Å². The van der Waals surface area contributed by atoms with Gasteiger partial charge in [0, 0.05) is 5.88 Å². The number of halogens is 1. The SMILES string of the molecule is N#CCc1cc(CCl)c2ccccc2c1. The molecule has 0 aliphatic carbocycles. The first-order valence-electron chi connectivity index (χ1n) is 4.78. The summed E-state index contributed by atoms with van der Waals surface area (Å²) in [6.07, 6.45) is 0.439. The van der Waals surface area contributed by atoms with Crippen LogP contribution in [0.3, 0.4) is 0 Å². The molecule has 2 aromatic rings. The molecule has 2 rings (SSSR count). The molecule has 0 saturated heterocycles. The van der Waals surface area contributed by atoms with E-state index in [9.17, 15) is 0 Å². The van der Waals surface area contributed by atoms with Gasteiger partial charge in [-0.2, -0.15) is 5.26 Å². The maximum Gasteiger partial charge on any atom is 0.0669 e. The molecular weight excluding hydrogens is 206 g/mol. The van der Waals surface area contributed by atoms with Crippen LogP contribution in [0.5, 0.6) is 0 Å². The second-order valence-electron chi connectivity index (χ2n) is 3.44. The molecule has 2 aromatic carbocycles. The van der Waals surface area contributed by atoms with Crippen LogP contribution in [-0.2, 0) is 12.3 Å². The molecule has 74 valence electrons. The number of hydrogen-bond acceptors (Lipinski definition) is 1. The summed E-state index contributed by atoms with van der Waals surface area (Å²) in [5.74, 6) is 0.486. The summed E-state index contributed by atoms with van der Waals surface area (Å²) in [5.41, 5.74) is 2.13. The molecule has 15 heavy (non-hydrogen) atoms. The van der Waals surface area contributed by atoms with E-state index in [2.05, 4.69) is 18.2 Å². The molecule has 0 atom stereocenters. The van der Waals surface area contributed by atoms with Gasteiger partial charge >= 0.3 is 0 Å². The summed E-state index contributed by atoms with van der Waals surface area (Å²) in [4.78, 5) is 0. The van der Waals surface area contributed by atoms with E-state index in [0.717, 1.165) is 16.5 Å². The van der Waals surface area contributed by atoms with Crippen molar-refractivity contribution in [3.8, 4) is 6.07 Å². The third-order valence-electron chi connectivity index (χ3n) is 2.43. The minimum absolute atomic E-state index is 0.439. The Bertz CT molecular complexity index is 526. The van der Waals surface area contributed by atoms with Crippen LogP contribution in [0.1, 0.15) is 11.1 Å². The Hall–Kier alpha value is -1.52. The van der Waals surface area contributed by atoms with Crippen LogP contribution in [0.4, 0.5) is 0 Å². The molecular formula is C13H10ClN. The third kappa shape index (κ3) is 1.95. The van der Waals surface area contributed by atoms with Crippen molar-refractivity contribution < 1.29 is 0 Å². The number of rotatable bonds is 2.